The van der Waals surface area contributed by atoms with E-state index < -0.39 is 0 Å². The lowest BCUT2D eigenvalue weighted by molar-refractivity contribution is 0.357. The zero-order valence-corrected chi connectivity index (χ0v) is 13.5. The van der Waals surface area contributed by atoms with Crippen molar-refractivity contribution in [2.24, 2.45) is 5.92 Å². The summed E-state index contributed by atoms with van der Waals surface area (Å²) in [4.78, 5) is 12.0. The van der Waals surface area contributed by atoms with Crippen LogP contribution in [-0.4, -0.2) is 16.7 Å². The monoisotopic (exact) mass is 314 g/mol. The number of aryl methyl sites for hydroxylation is 1. The Kier molecular flexibility index (Phi) is 5.17. The molecule has 1 unspecified atom stereocenters. The molecule has 0 bridgehead atoms. The molecule has 3 nitrogen and oxygen atoms in total. The zero-order chi connectivity index (χ0) is 13.9. The maximum atomic E-state index is 12.0. The van der Waals surface area contributed by atoms with Gasteiger partial charge in [-0.15, -0.1) is 0 Å². The Morgan fingerprint density at radius 3 is 2.61 bits per heavy atom. The molecule has 1 aromatic rings. The Bertz CT molecular complexity index is 460. The first kappa shape index (κ1) is 15.4. The van der Waals surface area contributed by atoms with Crippen LogP contribution in [0.25, 0.3) is 0 Å². The van der Waals surface area contributed by atoms with Crippen LogP contribution in [0.5, 0.6) is 0 Å². The van der Waals surface area contributed by atoms with Gasteiger partial charge in [-0.25, -0.2) is 0 Å². The van der Waals surface area contributed by atoms with Gasteiger partial charge in [0.2, 0.25) is 0 Å². The summed E-state index contributed by atoms with van der Waals surface area (Å²) in [5.41, 5.74) is 0.994. The summed E-state index contributed by atoms with van der Waals surface area (Å²) in [6.07, 6.45) is 1.86. The fraction of sp³-hybridized carbons (Fsp3) is 0.643. The van der Waals surface area contributed by atoms with Crippen molar-refractivity contribution in [3.8, 4) is 0 Å². The predicted molar refractivity (Wildman–Crippen MR) is 80.1 cm³/mol. The summed E-state index contributed by atoms with van der Waals surface area (Å²) in [7, 11) is 0. The van der Waals surface area contributed by atoms with Crippen molar-refractivity contribution in [1.82, 2.24) is 9.88 Å². The van der Waals surface area contributed by atoms with Crippen molar-refractivity contribution < 1.29 is 0 Å². The van der Waals surface area contributed by atoms with Gasteiger partial charge in [0.1, 0.15) is 0 Å². The molecule has 0 fully saturated rings. The smallest absolute Gasteiger partial charge is 0.253 e. The van der Waals surface area contributed by atoms with E-state index in [1.165, 1.54) is 0 Å². The van der Waals surface area contributed by atoms with E-state index >= 15 is 0 Å². The summed E-state index contributed by atoms with van der Waals surface area (Å²) in [5, 5.41) is 3.46. The van der Waals surface area contributed by atoms with Gasteiger partial charge in [0.15, 0.2) is 0 Å². The molecular weight excluding hydrogens is 292 g/mol. The molecule has 0 amide bonds. The van der Waals surface area contributed by atoms with Crippen molar-refractivity contribution in [2.75, 3.05) is 6.54 Å². The van der Waals surface area contributed by atoms with Gasteiger partial charge >= 0.3 is 0 Å². The van der Waals surface area contributed by atoms with E-state index in [-0.39, 0.29) is 11.1 Å². The summed E-state index contributed by atoms with van der Waals surface area (Å²) < 4.78 is 2.74. The molecule has 102 valence electrons. The van der Waals surface area contributed by atoms with E-state index in [0.29, 0.717) is 5.92 Å². The minimum Gasteiger partial charge on any atom is -0.314 e. The van der Waals surface area contributed by atoms with E-state index in [9.17, 15) is 4.79 Å². The minimum absolute atomic E-state index is 0.0980. The third-order valence-electron chi connectivity index (χ3n) is 2.72. The van der Waals surface area contributed by atoms with Gasteiger partial charge in [-0.3, -0.25) is 4.79 Å². The standard InChI is InChI=1S/C14H23BrN2O/c1-10(7-16-14(3,4)5)8-17-9-12(15)6-11(2)13(17)18/h6,9-10,16H,7-8H2,1-5H3. The molecule has 0 aliphatic heterocycles. The van der Waals surface area contributed by atoms with Crippen molar-refractivity contribution in [1.29, 1.82) is 0 Å². The molecule has 0 radical (unpaired) electrons. The van der Waals surface area contributed by atoms with Gasteiger partial charge in [0.05, 0.1) is 0 Å². The first-order valence-corrected chi connectivity index (χ1v) is 7.10. The number of pyridine rings is 1. The molecule has 1 atom stereocenters. The highest BCUT2D eigenvalue weighted by Gasteiger charge is 2.12. The number of halogens is 1. The first-order valence-electron chi connectivity index (χ1n) is 6.30. The molecule has 1 aromatic heterocycles. The molecule has 0 aromatic carbocycles. The van der Waals surface area contributed by atoms with E-state index in [4.69, 9.17) is 0 Å². The summed E-state index contributed by atoms with van der Waals surface area (Å²) in [6.45, 7) is 12.1. The van der Waals surface area contributed by atoms with Gasteiger partial charge in [-0.1, -0.05) is 6.92 Å². The molecule has 1 heterocycles. The van der Waals surface area contributed by atoms with Crippen molar-refractivity contribution in [3.05, 3.63) is 32.7 Å². The highest BCUT2D eigenvalue weighted by molar-refractivity contribution is 9.10. The Morgan fingerprint density at radius 2 is 2.06 bits per heavy atom. The first-order chi connectivity index (χ1) is 8.19. The van der Waals surface area contributed by atoms with Crippen molar-refractivity contribution in [3.63, 3.8) is 0 Å². The van der Waals surface area contributed by atoms with Gasteiger partial charge in [-0.05, 0) is 62.2 Å². The second-order valence-electron chi connectivity index (χ2n) is 6.03. The minimum atomic E-state index is 0.0980. The van der Waals surface area contributed by atoms with Crippen LogP contribution >= 0.6 is 15.9 Å². The molecule has 0 spiro atoms. The van der Waals surface area contributed by atoms with Crippen LogP contribution in [-0.2, 0) is 6.54 Å². The maximum absolute atomic E-state index is 12.0. The lowest BCUT2D eigenvalue weighted by Gasteiger charge is -2.24. The molecule has 1 rings (SSSR count). The second-order valence-corrected chi connectivity index (χ2v) is 6.95. The molecule has 18 heavy (non-hydrogen) atoms. The van der Waals surface area contributed by atoms with Crippen LogP contribution in [0.4, 0.5) is 0 Å². The van der Waals surface area contributed by atoms with E-state index in [2.05, 4.69) is 48.9 Å². The lowest BCUT2D eigenvalue weighted by Crippen LogP contribution is -2.40. The number of aromatic nitrogens is 1. The van der Waals surface area contributed by atoms with Crippen LogP contribution in [0, 0.1) is 12.8 Å². The van der Waals surface area contributed by atoms with E-state index in [1.807, 2.05) is 19.2 Å². The van der Waals surface area contributed by atoms with Crippen LogP contribution < -0.4 is 10.9 Å². The van der Waals surface area contributed by atoms with Crippen LogP contribution in [0.15, 0.2) is 21.5 Å². The Labute approximate surface area is 118 Å². The average molecular weight is 315 g/mol. The number of hydrogen-bond acceptors (Lipinski definition) is 2. The van der Waals surface area contributed by atoms with Crippen LogP contribution in [0.2, 0.25) is 0 Å². The third-order valence-corrected chi connectivity index (χ3v) is 3.15. The molecule has 0 saturated heterocycles. The van der Waals surface area contributed by atoms with Crippen molar-refractivity contribution in [2.45, 2.75) is 46.7 Å². The predicted octanol–water partition coefficient (Wildman–Crippen LogP) is 2.94. The molecular formula is C14H23BrN2O. The lowest BCUT2D eigenvalue weighted by atomic mass is 10.1. The fourth-order valence-corrected chi connectivity index (χ4v) is 2.35. The second kappa shape index (κ2) is 6.02. The molecule has 1 N–H and O–H groups in total. The summed E-state index contributed by atoms with van der Waals surface area (Å²) in [5.74, 6) is 0.413. The highest BCUT2D eigenvalue weighted by Crippen LogP contribution is 2.10. The quantitative estimate of drug-likeness (QED) is 0.927. The summed E-state index contributed by atoms with van der Waals surface area (Å²) >= 11 is 3.43. The topological polar surface area (TPSA) is 34.0 Å². The molecule has 4 heteroatoms. The highest BCUT2D eigenvalue weighted by atomic mass is 79.9. The van der Waals surface area contributed by atoms with Crippen LogP contribution in [0.1, 0.15) is 33.3 Å². The largest absolute Gasteiger partial charge is 0.314 e. The SMILES string of the molecule is Cc1cc(Br)cn(CC(C)CNC(C)(C)C)c1=O. The van der Waals surface area contributed by atoms with Crippen molar-refractivity contribution >= 4 is 15.9 Å². The Balaban J connectivity index is 2.71. The van der Waals surface area contributed by atoms with Gasteiger partial charge in [0, 0.05) is 28.3 Å². The van der Waals surface area contributed by atoms with E-state index in [0.717, 1.165) is 23.1 Å². The molecule has 0 aliphatic carbocycles. The van der Waals surface area contributed by atoms with Gasteiger partial charge in [-0.2, -0.15) is 0 Å². The summed E-state index contributed by atoms with van der Waals surface area (Å²) in [6, 6.07) is 1.86. The van der Waals surface area contributed by atoms with Gasteiger partial charge in [0.25, 0.3) is 5.56 Å². The Hall–Kier alpha value is -0.610. The number of nitrogens with one attached hydrogen (secondary N) is 1. The maximum Gasteiger partial charge on any atom is 0.253 e. The average Bonchev–Trinajstić information content (AvgIpc) is 2.21. The Morgan fingerprint density at radius 1 is 1.44 bits per heavy atom. The fourth-order valence-electron chi connectivity index (χ4n) is 1.76. The number of hydrogen-bond donors (Lipinski definition) is 1. The molecule has 0 saturated carbocycles. The number of rotatable bonds is 4. The normalized spacial score (nSPS) is 13.7. The molecule has 0 aliphatic rings. The number of nitrogens with zero attached hydrogens (tertiary/aromatic N) is 1. The third kappa shape index (κ3) is 4.94. The zero-order valence-electron chi connectivity index (χ0n) is 11.9. The van der Waals surface area contributed by atoms with Gasteiger partial charge < -0.3 is 9.88 Å². The van der Waals surface area contributed by atoms with Crippen LogP contribution in [0.3, 0.4) is 0 Å². The van der Waals surface area contributed by atoms with E-state index in [1.54, 1.807) is 4.57 Å².